The first-order valence-electron chi connectivity index (χ1n) is 3.47. The van der Waals surface area contributed by atoms with Crippen molar-refractivity contribution in [2.24, 2.45) is 0 Å². The summed E-state index contributed by atoms with van der Waals surface area (Å²) in [5.74, 6) is 0. The van der Waals surface area contributed by atoms with Gasteiger partial charge in [-0.25, -0.2) is 0 Å². The highest BCUT2D eigenvalue weighted by atomic mass is 79.9. The highest BCUT2D eigenvalue weighted by Crippen LogP contribution is 2.17. The molecule has 0 fully saturated rings. The third kappa shape index (κ3) is 3.21. The number of rotatable bonds is 3. The molecule has 0 atom stereocenters. The van der Waals surface area contributed by atoms with Crippen LogP contribution in [-0.2, 0) is 0 Å². The zero-order valence-electron chi connectivity index (χ0n) is 7.00. The summed E-state index contributed by atoms with van der Waals surface area (Å²) in [6.07, 6.45) is 1.09. The molecule has 0 saturated heterocycles. The van der Waals surface area contributed by atoms with Crippen LogP contribution in [0.25, 0.3) is 0 Å². The summed E-state index contributed by atoms with van der Waals surface area (Å²) < 4.78 is 0. The van der Waals surface area contributed by atoms with Gasteiger partial charge in [-0.15, -0.1) is 0 Å². The quantitative estimate of drug-likeness (QED) is 0.484. The lowest BCUT2D eigenvalue weighted by Crippen LogP contribution is -1.88. The van der Waals surface area contributed by atoms with Crippen molar-refractivity contribution >= 4 is 15.9 Å². The van der Waals surface area contributed by atoms with Crippen molar-refractivity contribution in [3.63, 3.8) is 0 Å². The molecular weight excluding hydrogens is 188 g/mol. The Balaban J connectivity index is 4.28. The molecule has 0 radical (unpaired) electrons. The predicted octanol–water partition coefficient (Wildman–Crippen LogP) is 3.68. The van der Waals surface area contributed by atoms with E-state index in [0.29, 0.717) is 0 Å². The molecule has 0 N–H and O–H groups in total. The van der Waals surface area contributed by atoms with Crippen molar-refractivity contribution < 1.29 is 0 Å². The molecule has 0 unspecified atom stereocenters. The number of allylic oxidation sites excluding steroid dienone is 3. The third-order valence-corrected chi connectivity index (χ3v) is 1.86. The van der Waals surface area contributed by atoms with Gasteiger partial charge in [0.15, 0.2) is 0 Å². The van der Waals surface area contributed by atoms with Crippen LogP contribution in [0.3, 0.4) is 0 Å². The molecule has 10 heavy (non-hydrogen) atoms. The van der Waals surface area contributed by atoms with Gasteiger partial charge in [0.25, 0.3) is 0 Å². The van der Waals surface area contributed by atoms with Gasteiger partial charge in [-0.2, -0.15) is 0 Å². The van der Waals surface area contributed by atoms with Gasteiger partial charge in [-0.1, -0.05) is 33.7 Å². The Hall–Kier alpha value is -0.0400. The van der Waals surface area contributed by atoms with E-state index in [-0.39, 0.29) is 0 Å². The van der Waals surface area contributed by atoms with Gasteiger partial charge in [0.05, 0.1) is 0 Å². The monoisotopic (exact) mass is 202 g/mol. The molecule has 0 aromatic rings. The zero-order chi connectivity index (χ0) is 8.15. The fourth-order valence-electron chi connectivity index (χ4n) is 0.985. The maximum atomic E-state index is 3.92. The Labute approximate surface area is 72.1 Å². The Morgan fingerprint density at radius 3 is 1.90 bits per heavy atom. The maximum Gasteiger partial charge on any atom is 0.00718 e. The molecule has 0 amide bonds. The largest absolute Gasteiger partial charge is 0.0958 e. The lowest BCUT2D eigenvalue weighted by Gasteiger charge is -2.06. The summed E-state index contributed by atoms with van der Waals surface area (Å²) in [5, 5.41) is 1.03. The molecule has 0 heterocycles. The first kappa shape index (κ1) is 9.96. The van der Waals surface area contributed by atoms with Gasteiger partial charge in [0.2, 0.25) is 0 Å². The minimum absolute atomic E-state index is 1.03. The fourth-order valence-corrected chi connectivity index (χ4v) is 1.38. The van der Waals surface area contributed by atoms with Crippen LogP contribution < -0.4 is 0 Å². The normalized spacial score (nSPS) is 9.20. The van der Waals surface area contributed by atoms with Crippen LogP contribution in [0.1, 0.15) is 27.2 Å². The average Bonchev–Trinajstić information content (AvgIpc) is 1.81. The van der Waals surface area contributed by atoms with E-state index in [1.807, 2.05) is 0 Å². The van der Waals surface area contributed by atoms with Crippen molar-refractivity contribution in [2.75, 3.05) is 5.33 Å². The second-order valence-corrected chi connectivity index (χ2v) is 3.49. The summed E-state index contributed by atoms with van der Waals surface area (Å²) in [4.78, 5) is 0. The first-order valence-corrected chi connectivity index (χ1v) is 4.60. The highest BCUT2D eigenvalue weighted by molar-refractivity contribution is 9.09. The van der Waals surface area contributed by atoms with E-state index in [1.165, 1.54) is 16.7 Å². The van der Waals surface area contributed by atoms with Crippen molar-refractivity contribution in [3.05, 3.63) is 23.3 Å². The third-order valence-electron chi connectivity index (χ3n) is 1.46. The van der Waals surface area contributed by atoms with Gasteiger partial charge < -0.3 is 0 Å². The van der Waals surface area contributed by atoms with E-state index in [4.69, 9.17) is 0 Å². The van der Waals surface area contributed by atoms with Crippen LogP contribution in [0.15, 0.2) is 23.3 Å². The van der Waals surface area contributed by atoms with Gasteiger partial charge in [0.1, 0.15) is 0 Å². The molecule has 0 aliphatic rings. The molecule has 0 nitrogen and oxygen atoms in total. The molecule has 0 aliphatic heterocycles. The summed E-state index contributed by atoms with van der Waals surface area (Å²) in [6, 6.07) is 0. The summed E-state index contributed by atoms with van der Waals surface area (Å²) in [6.45, 7) is 10.2. The molecule has 0 aliphatic carbocycles. The van der Waals surface area contributed by atoms with Crippen LogP contribution in [-0.4, -0.2) is 5.33 Å². The Morgan fingerprint density at radius 2 is 1.80 bits per heavy atom. The van der Waals surface area contributed by atoms with Crippen molar-refractivity contribution in [1.82, 2.24) is 0 Å². The Bertz CT molecular complexity index is 150. The molecule has 0 aromatic carbocycles. The van der Waals surface area contributed by atoms with E-state index in [2.05, 4.69) is 43.3 Å². The molecule has 1 heteroatoms. The molecule has 0 aromatic heterocycles. The Morgan fingerprint density at radius 1 is 1.30 bits per heavy atom. The summed E-state index contributed by atoms with van der Waals surface area (Å²) >= 11 is 3.41. The molecular formula is C9H15Br. The average molecular weight is 203 g/mol. The van der Waals surface area contributed by atoms with Gasteiger partial charge >= 0.3 is 0 Å². The van der Waals surface area contributed by atoms with Gasteiger partial charge in [0, 0.05) is 5.33 Å². The van der Waals surface area contributed by atoms with Crippen LogP contribution in [0.5, 0.6) is 0 Å². The number of alkyl halides is 1. The molecule has 0 bridgehead atoms. The number of hydrogen-bond donors (Lipinski definition) is 0. The maximum absolute atomic E-state index is 3.92. The van der Waals surface area contributed by atoms with Crippen LogP contribution in [0.4, 0.5) is 0 Å². The number of halogens is 1. The van der Waals surface area contributed by atoms with Crippen molar-refractivity contribution in [2.45, 2.75) is 27.2 Å². The first-order chi connectivity index (χ1) is 4.59. The SMILES string of the molecule is C=C(C)C(CCBr)=C(C)C. The van der Waals surface area contributed by atoms with E-state index < -0.39 is 0 Å². The van der Waals surface area contributed by atoms with Crippen LogP contribution in [0.2, 0.25) is 0 Å². The Kier molecular flexibility index (Phi) is 4.71. The van der Waals surface area contributed by atoms with Gasteiger partial charge in [-0.3, -0.25) is 0 Å². The molecule has 0 saturated carbocycles. The van der Waals surface area contributed by atoms with E-state index in [1.54, 1.807) is 0 Å². The molecule has 58 valence electrons. The topological polar surface area (TPSA) is 0 Å². The standard InChI is InChI=1S/C9H15Br/c1-7(2)9(5-6-10)8(3)4/h1,5-6H2,2-4H3. The van der Waals surface area contributed by atoms with E-state index in [0.717, 1.165) is 11.8 Å². The van der Waals surface area contributed by atoms with Crippen LogP contribution >= 0.6 is 15.9 Å². The highest BCUT2D eigenvalue weighted by Gasteiger charge is 1.98. The lowest BCUT2D eigenvalue weighted by molar-refractivity contribution is 1.08. The lowest BCUT2D eigenvalue weighted by atomic mass is 10.0. The minimum atomic E-state index is 1.03. The predicted molar refractivity (Wildman–Crippen MR) is 51.6 cm³/mol. The van der Waals surface area contributed by atoms with E-state index in [9.17, 15) is 0 Å². The minimum Gasteiger partial charge on any atom is -0.0958 e. The number of hydrogen-bond acceptors (Lipinski definition) is 0. The smallest absolute Gasteiger partial charge is 0.00718 e. The second kappa shape index (κ2) is 4.73. The van der Waals surface area contributed by atoms with E-state index >= 15 is 0 Å². The van der Waals surface area contributed by atoms with Crippen molar-refractivity contribution in [1.29, 1.82) is 0 Å². The van der Waals surface area contributed by atoms with Crippen molar-refractivity contribution in [3.8, 4) is 0 Å². The summed E-state index contributed by atoms with van der Waals surface area (Å²) in [5.41, 5.74) is 3.98. The zero-order valence-corrected chi connectivity index (χ0v) is 8.59. The fraction of sp³-hybridized carbons (Fsp3) is 0.556. The van der Waals surface area contributed by atoms with Gasteiger partial charge in [-0.05, 0) is 32.8 Å². The summed E-state index contributed by atoms with van der Waals surface area (Å²) in [7, 11) is 0. The molecule has 0 spiro atoms. The van der Waals surface area contributed by atoms with Crippen LogP contribution in [0, 0.1) is 0 Å². The molecule has 0 rings (SSSR count). The second-order valence-electron chi connectivity index (χ2n) is 2.70.